The predicted molar refractivity (Wildman–Crippen MR) is 109 cm³/mol. The molecule has 2 atom stereocenters. The summed E-state index contributed by atoms with van der Waals surface area (Å²) in [6.45, 7) is 5.14. The molecule has 0 radical (unpaired) electrons. The molecule has 1 aromatic heterocycles. The van der Waals surface area contributed by atoms with Crippen molar-refractivity contribution in [3.8, 4) is 22.8 Å². The van der Waals surface area contributed by atoms with Crippen molar-refractivity contribution in [3.05, 3.63) is 72.8 Å². The van der Waals surface area contributed by atoms with Gasteiger partial charge in [-0.05, 0) is 43.2 Å². The molecular weight excluding hydrogens is 425 g/mol. The Kier molecular flexibility index (Phi) is 5.60. The molecule has 1 fully saturated rings. The number of amides is 1. The maximum atomic E-state index is 12.3. The molecule has 2 unspecified atom stereocenters. The van der Waals surface area contributed by atoms with Gasteiger partial charge in [-0.25, -0.2) is 14.5 Å². The van der Waals surface area contributed by atoms with E-state index in [1.165, 1.54) is 35.3 Å². The number of hydrogen-bond donors (Lipinski definition) is 1. The lowest BCUT2D eigenvalue weighted by Gasteiger charge is -2.09. The molecule has 1 amide bonds. The largest absolute Gasteiger partial charge is 0.573 e. The van der Waals surface area contributed by atoms with Gasteiger partial charge in [-0.3, -0.25) is 0 Å². The number of alkyl carbamates (subject to hydrolysis) is 1. The molecular formula is C22H19F3N4O3. The third-order valence-electron chi connectivity index (χ3n) is 4.78. The first kappa shape index (κ1) is 21.4. The first-order valence-corrected chi connectivity index (χ1v) is 9.70. The molecule has 1 N–H and O–H groups in total. The molecule has 10 heteroatoms. The van der Waals surface area contributed by atoms with Crippen LogP contribution >= 0.6 is 0 Å². The van der Waals surface area contributed by atoms with Crippen molar-refractivity contribution in [3.63, 3.8) is 0 Å². The average Bonchev–Trinajstić information content (AvgIpc) is 3.29. The summed E-state index contributed by atoms with van der Waals surface area (Å²) < 4.78 is 47.1. The number of allylic oxidation sites excluding steroid dienone is 1. The molecule has 0 spiro atoms. The lowest BCUT2D eigenvalue weighted by Crippen LogP contribution is -2.26. The van der Waals surface area contributed by atoms with Crippen LogP contribution in [0, 0.1) is 0 Å². The van der Waals surface area contributed by atoms with E-state index in [2.05, 4.69) is 26.7 Å². The second-order valence-electron chi connectivity index (χ2n) is 7.36. The summed E-state index contributed by atoms with van der Waals surface area (Å²) in [6.07, 6.45) is -2.93. The number of alkyl halides is 3. The number of nitrogens with zero attached hydrogens (tertiary/aromatic N) is 3. The number of carbonyl (C=O) groups excluding carboxylic acids is 1. The minimum absolute atomic E-state index is 0.0225. The molecule has 0 aliphatic heterocycles. The fourth-order valence-electron chi connectivity index (χ4n) is 3.26. The van der Waals surface area contributed by atoms with Crippen LogP contribution in [0.2, 0.25) is 0 Å². The van der Waals surface area contributed by atoms with E-state index >= 15 is 0 Å². The van der Waals surface area contributed by atoms with E-state index in [0.29, 0.717) is 17.3 Å². The summed E-state index contributed by atoms with van der Waals surface area (Å²) in [5.41, 5.74) is 2.41. The number of aromatic nitrogens is 3. The highest BCUT2D eigenvalue weighted by molar-refractivity contribution is 5.69. The number of hydrogen-bond acceptors (Lipinski definition) is 5. The van der Waals surface area contributed by atoms with E-state index < -0.39 is 12.5 Å². The monoisotopic (exact) mass is 444 g/mol. The van der Waals surface area contributed by atoms with Gasteiger partial charge in [0.1, 0.15) is 12.1 Å². The predicted octanol–water partition coefficient (Wildman–Crippen LogP) is 4.95. The van der Waals surface area contributed by atoms with E-state index in [1.807, 2.05) is 24.3 Å². The molecule has 7 nitrogen and oxygen atoms in total. The zero-order chi connectivity index (χ0) is 22.9. The first-order valence-electron chi connectivity index (χ1n) is 9.70. The van der Waals surface area contributed by atoms with Crippen molar-refractivity contribution >= 4 is 6.09 Å². The fourth-order valence-corrected chi connectivity index (χ4v) is 3.26. The van der Waals surface area contributed by atoms with Crippen molar-refractivity contribution < 1.29 is 27.4 Å². The standard InChI is InChI=1S/C22H19F3N4O3/c1-13(2)31-21(30)27-19-11-18(19)14-3-5-15(6-4-14)20-26-12-29(28-20)16-7-9-17(10-8-16)32-22(23,24)25/h3-10,12,18-19H,1,11H2,2H3,(H,27,30). The molecule has 1 heterocycles. The molecule has 3 aromatic rings. The van der Waals surface area contributed by atoms with E-state index in [0.717, 1.165) is 17.5 Å². The Balaban J connectivity index is 1.39. The number of carbonyl (C=O) groups is 1. The molecule has 32 heavy (non-hydrogen) atoms. The molecule has 1 aliphatic carbocycles. The van der Waals surface area contributed by atoms with Crippen LogP contribution in [0.4, 0.5) is 18.0 Å². The summed E-state index contributed by atoms with van der Waals surface area (Å²) in [7, 11) is 0. The summed E-state index contributed by atoms with van der Waals surface area (Å²) in [4.78, 5) is 15.9. The summed E-state index contributed by atoms with van der Waals surface area (Å²) in [5, 5.41) is 7.18. The Hall–Kier alpha value is -3.82. The zero-order valence-corrected chi connectivity index (χ0v) is 17.0. The quantitative estimate of drug-likeness (QED) is 0.545. The maximum absolute atomic E-state index is 12.3. The molecule has 1 aliphatic rings. The minimum atomic E-state index is -4.74. The maximum Gasteiger partial charge on any atom is 0.573 e. The van der Waals surface area contributed by atoms with Crippen LogP contribution in [0.15, 0.2) is 67.2 Å². The van der Waals surface area contributed by atoms with Crippen LogP contribution in [-0.2, 0) is 4.74 Å². The Labute approximate surface area is 181 Å². The lowest BCUT2D eigenvalue weighted by atomic mass is 10.1. The molecule has 4 rings (SSSR count). The van der Waals surface area contributed by atoms with Gasteiger partial charge in [0.25, 0.3) is 0 Å². The smallest absolute Gasteiger partial charge is 0.416 e. The van der Waals surface area contributed by atoms with E-state index in [4.69, 9.17) is 4.74 Å². The van der Waals surface area contributed by atoms with Crippen LogP contribution in [0.3, 0.4) is 0 Å². The van der Waals surface area contributed by atoms with Crippen molar-refractivity contribution in [2.24, 2.45) is 0 Å². The Morgan fingerprint density at radius 2 is 1.84 bits per heavy atom. The van der Waals surface area contributed by atoms with Crippen LogP contribution in [0.1, 0.15) is 24.8 Å². The Bertz CT molecular complexity index is 1120. The third kappa shape index (κ3) is 5.26. The van der Waals surface area contributed by atoms with Crippen LogP contribution in [-0.4, -0.2) is 33.3 Å². The van der Waals surface area contributed by atoms with Gasteiger partial charge in [-0.1, -0.05) is 30.8 Å². The fraction of sp³-hybridized carbons (Fsp3) is 0.227. The van der Waals surface area contributed by atoms with Crippen molar-refractivity contribution in [2.45, 2.75) is 31.7 Å². The topological polar surface area (TPSA) is 78.3 Å². The van der Waals surface area contributed by atoms with Gasteiger partial charge >= 0.3 is 12.5 Å². The number of rotatable bonds is 6. The van der Waals surface area contributed by atoms with Crippen molar-refractivity contribution in [1.82, 2.24) is 20.1 Å². The van der Waals surface area contributed by atoms with Gasteiger partial charge in [0.05, 0.1) is 11.4 Å². The second-order valence-corrected chi connectivity index (χ2v) is 7.36. The zero-order valence-electron chi connectivity index (χ0n) is 17.0. The van der Waals surface area contributed by atoms with Crippen LogP contribution < -0.4 is 10.1 Å². The first-order chi connectivity index (χ1) is 15.2. The number of benzene rings is 2. The van der Waals surface area contributed by atoms with E-state index in [9.17, 15) is 18.0 Å². The minimum Gasteiger partial charge on any atom is -0.416 e. The molecule has 2 aromatic carbocycles. The molecule has 166 valence electrons. The van der Waals surface area contributed by atoms with Crippen LogP contribution in [0.25, 0.3) is 17.1 Å². The second kappa shape index (κ2) is 8.37. The Morgan fingerprint density at radius 1 is 1.16 bits per heavy atom. The SMILES string of the molecule is C=C(C)OC(=O)NC1CC1c1ccc(-c2ncn(-c3ccc(OC(F)(F)F)cc3)n2)cc1. The highest BCUT2D eigenvalue weighted by atomic mass is 19.4. The molecule has 0 bridgehead atoms. The van der Waals surface area contributed by atoms with Gasteiger partial charge in [0, 0.05) is 17.5 Å². The number of nitrogens with one attached hydrogen (secondary N) is 1. The van der Waals surface area contributed by atoms with E-state index in [-0.39, 0.29) is 17.7 Å². The van der Waals surface area contributed by atoms with Crippen molar-refractivity contribution in [2.75, 3.05) is 0 Å². The lowest BCUT2D eigenvalue weighted by molar-refractivity contribution is -0.274. The highest BCUT2D eigenvalue weighted by Crippen LogP contribution is 2.41. The normalized spacial score (nSPS) is 17.5. The van der Waals surface area contributed by atoms with E-state index in [1.54, 1.807) is 6.92 Å². The molecule has 0 saturated heterocycles. The van der Waals surface area contributed by atoms with Crippen LogP contribution in [0.5, 0.6) is 5.75 Å². The third-order valence-corrected chi connectivity index (χ3v) is 4.78. The van der Waals surface area contributed by atoms with Gasteiger partial charge in [0.15, 0.2) is 5.82 Å². The number of halogens is 3. The molecule has 1 saturated carbocycles. The van der Waals surface area contributed by atoms with Gasteiger partial charge in [-0.15, -0.1) is 18.3 Å². The van der Waals surface area contributed by atoms with Gasteiger partial charge in [0.2, 0.25) is 0 Å². The summed E-state index contributed by atoms with van der Waals surface area (Å²) in [5.74, 6) is 0.715. The average molecular weight is 444 g/mol. The van der Waals surface area contributed by atoms with Crippen molar-refractivity contribution in [1.29, 1.82) is 0 Å². The highest BCUT2D eigenvalue weighted by Gasteiger charge is 2.40. The summed E-state index contributed by atoms with van der Waals surface area (Å²) in [6, 6.07) is 13.0. The van der Waals surface area contributed by atoms with Gasteiger partial charge < -0.3 is 14.8 Å². The van der Waals surface area contributed by atoms with Gasteiger partial charge in [-0.2, -0.15) is 0 Å². The summed E-state index contributed by atoms with van der Waals surface area (Å²) >= 11 is 0. The Morgan fingerprint density at radius 3 is 2.47 bits per heavy atom. The number of ether oxygens (including phenoxy) is 2.